The number of fused-ring (bicyclic) bond motifs is 1. The molecule has 2 aliphatic heterocycles. The Bertz CT molecular complexity index is 599. The van der Waals surface area contributed by atoms with Crippen LogP contribution in [0.5, 0.6) is 0 Å². The van der Waals surface area contributed by atoms with Crippen molar-refractivity contribution < 1.29 is 14.1 Å². The molecule has 0 radical (unpaired) electrons. The zero-order chi connectivity index (χ0) is 15.4. The van der Waals surface area contributed by atoms with E-state index in [9.17, 15) is 4.79 Å². The lowest BCUT2D eigenvalue weighted by Gasteiger charge is -2.32. The first-order chi connectivity index (χ1) is 9.73. The molecule has 1 saturated heterocycles. The third-order valence-electron chi connectivity index (χ3n) is 4.69. The van der Waals surface area contributed by atoms with E-state index in [4.69, 9.17) is 20.9 Å². The molecule has 0 atom stereocenters. The zero-order valence-electron chi connectivity index (χ0n) is 12.7. The average molecular weight is 308 g/mol. The minimum absolute atomic E-state index is 0.0707. The molecule has 2 aliphatic rings. The van der Waals surface area contributed by atoms with Gasteiger partial charge in [0.2, 0.25) is 0 Å². The molecule has 3 rings (SSSR count). The summed E-state index contributed by atoms with van der Waals surface area (Å²) in [6.45, 7) is 8.64. The highest BCUT2D eigenvalue weighted by Crippen LogP contribution is 2.37. The highest BCUT2D eigenvalue weighted by molar-refractivity contribution is 6.65. The standard InChI is InChI=1S/C15H19BClNO3/c1-14(2)15(3,4)21-16(20-14)11-6-5-10-9(12(11)17)7-8-18-13(10)19/h5-6H,7-8H2,1-4H3,(H,18,19). The fraction of sp³-hybridized carbons (Fsp3) is 0.533. The molecule has 1 amide bonds. The first-order valence-electron chi connectivity index (χ1n) is 7.18. The van der Waals surface area contributed by atoms with Crippen molar-refractivity contribution in [3.05, 3.63) is 28.3 Å². The van der Waals surface area contributed by atoms with Crippen LogP contribution in [0.1, 0.15) is 43.6 Å². The quantitative estimate of drug-likeness (QED) is 0.807. The molecular weight excluding hydrogens is 288 g/mol. The molecule has 1 aromatic rings. The monoisotopic (exact) mass is 307 g/mol. The number of amides is 1. The van der Waals surface area contributed by atoms with E-state index >= 15 is 0 Å². The number of halogens is 1. The lowest BCUT2D eigenvalue weighted by atomic mass is 9.77. The second-order valence-electron chi connectivity index (χ2n) is 6.59. The van der Waals surface area contributed by atoms with E-state index in [-0.39, 0.29) is 5.91 Å². The van der Waals surface area contributed by atoms with Gasteiger partial charge in [0.15, 0.2) is 0 Å². The molecule has 6 heteroatoms. The van der Waals surface area contributed by atoms with E-state index in [1.807, 2.05) is 33.8 Å². The van der Waals surface area contributed by atoms with E-state index in [1.54, 1.807) is 6.07 Å². The van der Waals surface area contributed by atoms with Crippen LogP contribution >= 0.6 is 11.6 Å². The van der Waals surface area contributed by atoms with Crippen LogP contribution in [0.4, 0.5) is 0 Å². The normalized spacial score (nSPS) is 22.9. The largest absolute Gasteiger partial charge is 0.496 e. The zero-order valence-corrected chi connectivity index (χ0v) is 13.5. The molecule has 21 heavy (non-hydrogen) atoms. The number of carbonyl (C=O) groups excluding carboxylic acids is 1. The van der Waals surface area contributed by atoms with Crippen molar-refractivity contribution in [2.24, 2.45) is 0 Å². The highest BCUT2D eigenvalue weighted by atomic mass is 35.5. The maximum atomic E-state index is 11.8. The molecule has 112 valence electrons. The van der Waals surface area contributed by atoms with Crippen LogP contribution in [-0.2, 0) is 15.7 Å². The summed E-state index contributed by atoms with van der Waals surface area (Å²) in [6, 6.07) is 3.63. The number of benzene rings is 1. The van der Waals surface area contributed by atoms with Crippen LogP contribution in [0.2, 0.25) is 5.02 Å². The van der Waals surface area contributed by atoms with Crippen molar-refractivity contribution in [2.45, 2.75) is 45.3 Å². The SMILES string of the molecule is CC1(C)OB(c2ccc3c(c2Cl)CCNC3=O)OC1(C)C. The minimum atomic E-state index is -0.502. The smallest absolute Gasteiger partial charge is 0.399 e. The molecule has 0 spiro atoms. The van der Waals surface area contributed by atoms with Crippen LogP contribution in [-0.4, -0.2) is 30.8 Å². The fourth-order valence-electron chi connectivity index (χ4n) is 2.64. The Morgan fingerprint density at radius 3 is 2.43 bits per heavy atom. The van der Waals surface area contributed by atoms with Gasteiger partial charge >= 0.3 is 7.12 Å². The topological polar surface area (TPSA) is 47.6 Å². The lowest BCUT2D eigenvalue weighted by molar-refractivity contribution is 0.00578. The van der Waals surface area contributed by atoms with Gasteiger partial charge in [0.1, 0.15) is 0 Å². The predicted molar refractivity (Wildman–Crippen MR) is 83.2 cm³/mol. The molecular formula is C15H19BClNO3. The Morgan fingerprint density at radius 1 is 1.19 bits per heavy atom. The maximum Gasteiger partial charge on any atom is 0.496 e. The first kappa shape index (κ1) is 14.9. The highest BCUT2D eigenvalue weighted by Gasteiger charge is 2.52. The maximum absolute atomic E-state index is 11.8. The van der Waals surface area contributed by atoms with E-state index in [2.05, 4.69) is 5.32 Å². The van der Waals surface area contributed by atoms with Crippen LogP contribution in [0.25, 0.3) is 0 Å². The van der Waals surface area contributed by atoms with E-state index in [1.165, 1.54) is 0 Å². The summed E-state index contributed by atoms with van der Waals surface area (Å²) < 4.78 is 12.1. The van der Waals surface area contributed by atoms with Crippen molar-refractivity contribution in [1.82, 2.24) is 5.32 Å². The fourth-order valence-corrected chi connectivity index (χ4v) is 2.99. The molecule has 0 aliphatic carbocycles. The van der Waals surface area contributed by atoms with Crippen molar-refractivity contribution >= 4 is 30.1 Å². The van der Waals surface area contributed by atoms with E-state index in [0.717, 1.165) is 17.4 Å². The van der Waals surface area contributed by atoms with Gasteiger partial charge < -0.3 is 14.6 Å². The van der Waals surface area contributed by atoms with Gasteiger partial charge in [-0.1, -0.05) is 17.7 Å². The predicted octanol–water partition coefficient (Wildman–Crippen LogP) is 1.93. The summed E-state index contributed by atoms with van der Waals surface area (Å²) in [6.07, 6.45) is 0.729. The second-order valence-corrected chi connectivity index (χ2v) is 6.97. The molecule has 0 unspecified atom stereocenters. The average Bonchev–Trinajstić information content (AvgIpc) is 2.60. The third-order valence-corrected chi connectivity index (χ3v) is 5.13. The van der Waals surface area contributed by atoms with Gasteiger partial charge in [-0.25, -0.2) is 0 Å². The Balaban J connectivity index is 2.00. The molecule has 2 heterocycles. The lowest BCUT2D eigenvalue weighted by Crippen LogP contribution is -2.41. The Kier molecular flexibility index (Phi) is 3.35. The van der Waals surface area contributed by atoms with Crippen LogP contribution in [0.3, 0.4) is 0 Å². The molecule has 4 nitrogen and oxygen atoms in total. The van der Waals surface area contributed by atoms with E-state index in [0.29, 0.717) is 17.1 Å². The first-order valence-corrected chi connectivity index (χ1v) is 7.56. The minimum Gasteiger partial charge on any atom is -0.399 e. The molecule has 0 aromatic heterocycles. The number of rotatable bonds is 1. The molecule has 0 saturated carbocycles. The van der Waals surface area contributed by atoms with Crippen molar-refractivity contribution in [2.75, 3.05) is 6.54 Å². The Morgan fingerprint density at radius 2 is 1.81 bits per heavy atom. The van der Waals surface area contributed by atoms with Gasteiger partial charge in [0.25, 0.3) is 5.91 Å². The van der Waals surface area contributed by atoms with Crippen LogP contribution < -0.4 is 10.8 Å². The molecule has 0 bridgehead atoms. The van der Waals surface area contributed by atoms with Gasteiger partial charge in [-0.3, -0.25) is 4.79 Å². The summed E-state index contributed by atoms with van der Waals surface area (Å²) >= 11 is 6.52. The van der Waals surface area contributed by atoms with Crippen LogP contribution in [0, 0.1) is 0 Å². The number of hydrogen-bond acceptors (Lipinski definition) is 3. The van der Waals surface area contributed by atoms with E-state index < -0.39 is 18.3 Å². The van der Waals surface area contributed by atoms with Gasteiger partial charge in [-0.2, -0.15) is 0 Å². The van der Waals surface area contributed by atoms with Crippen LogP contribution in [0.15, 0.2) is 12.1 Å². The van der Waals surface area contributed by atoms with Gasteiger partial charge in [0, 0.05) is 22.6 Å². The summed E-state index contributed by atoms with van der Waals surface area (Å²) in [5, 5.41) is 3.40. The van der Waals surface area contributed by atoms with Gasteiger partial charge in [0.05, 0.1) is 11.2 Å². The number of carbonyl (C=O) groups is 1. The van der Waals surface area contributed by atoms with Crippen molar-refractivity contribution in [3.63, 3.8) is 0 Å². The van der Waals surface area contributed by atoms with Crippen molar-refractivity contribution in [3.8, 4) is 0 Å². The molecule has 1 aromatic carbocycles. The van der Waals surface area contributed by atoms with Gasteiger partial charge in [-0.15, -0.1) is 0 Å². The summed E-state index contributed by atoms with van der Waals surface area (Å²) in [4.78, 5) is 11.8. The van der Waals surface area contributed by atoms with Gasteiger partial charge in [-0.05, 0) is 45.7 Å². The number of hydrogen-bond donors (Lipinski definition) is 1. The Labute approximate surface area is 130 Å². The molecule has 1 fully saturated rings. The summed E-state index contributed by atoms with van der Waals surface area (Å²) in [5.41, 5.74) is 1.51. The molecule has 1 N–H and O–H groups in total. The number of nitrogens with one attached hydrogen (secondary N) is 1. The Hall–Kier alpha value is -1.04. The second kappa shape index (κ2) is 4.73. The van der Waals surface area contributed by atoms with Crippen molar-refractivity contribution in [1.29, 1.82) is 0 Å². The summed E-state index contributed by atoms with van der Waals surface area (Å²) in [5.74, 6) is -0.0707. The summed E-state index contributed by atoms with van der Waals surface area (Å²) in [7, 11) is -0.502. The third kappa shape index (κ3) is 2.28.